The third-order valence-corrected chi connectivity index (χ3v) is 3.79. The fourth-order valence-corrected chi connectivity index (χ4v) is 2.79. The normalized spacial score (nSPS) is 9.85. The number of para-hydroxylation sites is 1. The van der Waals surface area contributed by atoms with Crippen LogP contribution < -0.4 is 10.1 Å². The minimum absolute atomic E-state index is 0.0511. The zero-order valence-corrected chi connectivity index (χ0v) is 13.5. The van der Waals surface area contributed by atoms with Gasteiger partial charge in [-0.2, -0.15) is 5.26 Å². The molecule has 0 fully saturated rings. The van der Waals surface area contributed by atoms with Gasteiger partial charge >= 0.3 is 0 Å². The molecule has 0 aliphatic carbocycles. The van der Waals surface area contributed by atoms with Crippen LogP contribution in [0.2, 0.25) is 5.02 Å². The summed E-state index contributed by atoms with van der Waals surface area (Å²) in [5, 5.41) is 12.6. The zero-order chi connectivity index (χ0) is 14.4. The molecule has 0 bridgehead atoms. The lowest BCUT2D eigenvalue weighted by atomic mass is 10.2. The Morgan fingerprint density at radius 3 is 2.80 bits per heavy atom. The Hall–Kier alpha value is -1.45. The van der Waals surface area contributed by atoms with Crippen molar-refractivity contribution in [2.45, 2.75) is 6.54 Å². The molecule has 102 valence electrons. The van der Waals surface area contributed by atoms with Crippen LogP contribution in [0.4, 0.5) is 5.69 Å². The van der Waals surface area contributed by atoms with E-state index in [1.807, 2.05) is 48.5 Å². The van der Waals surface area contributed by atoms with Gasteiger partial charge in [0.2, 0.25) is 0 Å². The van der Waals surface area contributed by atoms with E-state index in [1.54, 1.807) is 0 Å². The van der Waals surface area contributed by atoms with Crippen molar-refractivity contribution in [2.75, 3.05) is 11.9 Å². The van der Waals surface area contributed by atoms with Gasteiger partial charge in [0.1, 0.15) is 11.8 Å². The number of hydrogen-bond donors (Lipinski definition) is 1. The van der Waals surface area contributed by atoms with Crippen LogP contribution in [0.15, 0.2) is 42.5 Å². The van der Waals surface area contributed by atoms with Crippen LogP contribution in [0.5, 0.6) is 5.75 Å². The maximum Gasteiger partial charge on any atom is 0.174 e. The summed E-state index contributed by atoms with van der Waals surface area (Å²) >= 11 is 8.17. The maximum atomic E-state index is 8.58. The summed E-state index contributed by atoms with van der Waals surface area (Å²) in [5.74, 6) is 0.727. The molecule has 0 amide bonds. The fourth-order valence-electron chi connectivity index (χ4n) is 1.72. The molecule has 0 spiro atoms. The van der Waals surface area contributed by atoms with Crippen molar-refractivity contribution in [1.82, 2.24) is 0 Å². The van der Waals surface area contributed by atoms with Crippen molar-refractivity contribution >= 4 is 39.9 Å². The molecule has 0 aliphatic heterocycles. The standard InChI is InChI=1S/C15H12ClIN2O/c16-12-5-6-14(13(17)9-12)19-10-11-3-1-2-4-15(11)20-8-7-18/h1-6,9,19H,8,10H2. The summed E-state index contributed by atoms with van der Waals surface area (Å²) in [4.78, 5) is 0. The first-order valence-electron chi connectivity index (χ1n) is 5.97. The summed E-state index contributed by atoms with van der Waals surface area (Å²) in [6.45, 7) is 0.675. The summed E-state index contributed by atoms with van der Waals surface area (Å²) in [7, 11) is 0. The molecule has 0 saturated carbocycles. The van der Waals surface area contributed by atoms with Gasteiger partial charge in [-0.05, 0) is 46.9 Å². The number of ether oxygens (including phenoxy) is 1. The average molecular weight is 399 g/mol. The lowest BCUT2D eigenvalue weighted by molar-refractivity contribution is 0.364. The minimum atomic E-state index is 0.0511. The van der Waals surface area contributed by atoms with Crippen molar-refractivity contribution in [3.05, 3.63) is 56.6 Å². The molecule has 0 unspecified atom stereocenters. The summed E-state index contributed by atoms with van der Waals surface area (Å²) in [6.07, 6.45) is 0. The maximum absolute atomic E-state index is 8.58. The highest BCUT2D eigenvalue weighted by Gasteiger charge is 2.04. The highest BCUT2D eigenvalue weighted by atomic mass is 127. The van der Waals surface area contributed by atoms with Gasteiger partial charge < -0.3 is 10.1 Å². The van der Waals surface area contributed by atoms with E-state index in [0.29, 0.717) is 6.54 Å². The molecular formula is C15H12ClIN2O. The Balaban J connectivity index is 2.09. The van der Waals surface area contributed by atoms with Gasteiger partial charge in [0.05, 0.1) is 0 Å². The summed E-state index contributed by atoms with van der Waals surface area (Å²) < 4.78 is 6.46. The third-order valence-electron chi connectivity index (χ3n) is 2.67. The molecule has 20 heavy (non-hydrogen) atoms. The second-order valence-electron chi connectivity index (χ2n) is 4.03. The Morgan fingerprint density at radius 1 is 1.25 bits per heavy atom. The molecule has 0 heterocycles. The van der Waals surface area contributed by atoms with Crippen molar-refractivity contribution in [1.29, 1.82) is 5.26 Å². The van der Waals surface area contributed by atoms with E-state index in [-0.39, 0.29) is 6.61 Å². The predicted octanol–water partition coefficient (Wildman–Crippen LogP) is 4.46. The Kier molecular flexibility index (Phi) is 5.50. The van der Waals surface area contributed by atoms with E-state index in [4.69, 9.17) is 21.6 Å². The second-order valence-corrected chi connectivity index (χ2v) is 5.63. The second kappa shape index (κ2) is 7.36. The summed E-state index contributed by atoms with van der Waals surface area (Å²) in [6, 6.07) is 15.4. The van der Waals surface area contributed by atoms with Gasteiger partial charge in [0.15, 0.2) is 6.61 Å². The van der Waals surface area contributed by atoms with E-state index in [2.05, 4.69) is 27.9 Å². The van der Waals surface area contributed by atoms with Crippen LogP contribution in [0.3, 0.4) is 0 Å². The van der Waals surface area contributed by atoms with E-state index in [0.717, 1.165) is 25.6 Å². The molecule has 1 N–H and O–H groups in total. The Bertz CT molecular complexity index is 640. The highest BCUT2D eigenvalue weighted by Crippen LogP contribution is 2.24. The van der Waals surface area contributed by atoms with Crippen LogP contribution in [0.1, 0.15) is 5.56 Å². The molecule has 2 aromatic carbocycles. The first-order chi connectivity index (χ1) is 9.70. The van der Waals surface area contributed by atoms with Crippen LogP contribution in [-0.4, -0.2) is 6.61 Å². The molecular weight excluding hydrogens is 387 g/mol. The van der Waals surface area contributed by atoms with Gasteiger partial charge in [-0.3, -0.25) is 0 Å². The van der Waals surface area contributed by atoms with Crippen LogP contribution >= 0.6 is 34.2 Å². The number of anilines is 1. The van der Waals surface area contributed by atoms with E-state index < -0.39 is 0 Å². The van der Waals surface area contributed by atoms with Gasteiger partial charge in [0.25, 0.3) is 0 Å². The number of rotatable bonds is 5. The average Bonchev–Trinajstić information content (AvgIpc) is 2.45. The zero-order valence-electron chi connectivity index (χ0n) is 10.6. The summed E-state index contributed by atoms with van der Waals surface area (Å²) in [5.41, 5.74) is 2.03. The quantitative estimate of drug-likeness (QED) is 0.756. The Morgan fingerprint density at radius 2 is 2.05 bits per heavy atom. The van der Waals surface area contributed by atoms with Gasteiger partial charge in [-0.15, -0.1) is 0 Å². The van der Waals surface area contributed by atoms with Crippen LogP contribution in [-0.2, 0) is 6.54 Å². The number of halogens is 2. The van der Waals surface area contributed by atoms with Crippen molar-refractivity contribution in [3.63, 3.8) is 0 Å². The molecule has 0 aromatic heterocycles. The number of benzene rings is 2. The van der Waals surface area contributed by atoms with Crippen molar-refractivity contribution in [2.24, 2.45) is 0 Å². The van der Waals surface area contributed by atoms with Crippen molar-refractivity contribution in [3.8, 4) is 11.8 Å². The molecule has 2 rings (SSSR count). The fraction of sp³-hybridized carbons (Fsp3) is 0.133. The van der Waals surface area contributed by atoms with Gasteiger partial charge in [-0.1, -0.05) is 29.8 Å². The number of nitrogens with zero attached hydrogens (tertiary/aromatic N) is 1. The molecule has 0 atom stereocenters. The molecule has 0 aliphatic rings. The molecule has 2 aromatic rings. The number of nitrogens with one attached hydrogen (secondary N) is 1. The topological polar surface area (TPSA) is 45.0 Å². The molecule has 5 heteroatoms. The first kappa shape index (κ1) is 14.9. The SMILES string of the molecule is N#CCOc1ccccc1CNc1ccc(Cl)cc1I. The third kappa shape index (κ3) is 4.02. The van der Waals surface area contributed by atoms with E-state index >= 15 is 0 Å². The largest absolute Gasteiger partial charge is 0.478 e. The monoisotopic (exact) mass is 398 g/mol. The molecule has 0 saturated heterocycles. The van der Waals surface area contributed by atoms with E-state index in [1.165, 1.54) is 0 Å². The smallest absolute Gasteiger partial charge is 0.174 e. The van der Waals surface area contributed by atoms with Gasteiger partial charge in [-0.25, -0.2) is 0 Å². The lowest BCUT2D eigenvalue weighted by Gasteiger charge is -2.12. The van der Waals surface area contributed by atoms with E-state index in [9.17, 15) is 0 Å². The predicted molar refractivity (Wildman–Crippen MR) is 89.0 cm³/mol. The van der Waals surface area contributed by atoms with Crippen molar-refractivity contribution < 1.29 is 4.74 Å². The molecule has 3 nitrogen and oxygen atoms in total. The number of nitriles is 1. The van der Waals surface area contributed by atoms with Gasteiger partial charge in [0, 0.05) is 26.4 Å². The first-order valence-corrected chi connectivity index (χ1v) is 7.43. The molecule has 0 radical (unpaired) electrons. The minimum Gasteiger partial charge on any atom is -0.478 e. The highest BCUT2D eigenvalue weighted by molar-refractivity contribution is 14.1. The Labute approximate surface area is 136 Å². The van der Waals surface area contributed by atoms with Crippen LogP contribution in [0.25, 0.3) is 0 Å². The lowest BCUT2D eigenvalue weighted by Crippen LogP contribution is -2.04. The van der Waals surface area contributed by atoms with Crippen LogP contribution in [0, 0.1) is 14.9 Å². The number of hydrogen-bond acceptors (Lipinski definition) is 3.